The molecule has 0 heterocycles. The molecule has 0 saturated carbocycles. The second-order valence-electron chi connectivity index (χ2n) is 5.14. The van der Waals surface area contributed by atoms with Gasteiger partial charge in [-0.3, -0.25) is 40.5 Å². The van der Waals surface area contributed by atoms with E-state index in [4.69, 9.17) is 0 Å². The van der Waals surface area contributed by atoms with Crippen molar-refractivity contribution in [2.24, 2.45) is 0 Å². The molecular formula is C12H6N4O8. The Labute approximate surface area is 130 Å². The summed E-state index contributed by atoms with van der Waals surface area (Å²) >= 11 is 0. The molecule has 0 bridgehead atoms. The number of nitro benzene ring substituents is 3. The smallest absolute Gasteiger partial charge is 0.264 e. The number of nitro groups is 4. The molecule has 0 aromatic heterocycles. The summed E-state index contributed by atoms with van der Waals surface area (Å²) in [6, 6.07) is 1.42. The number of rotatable bonds is 4. The zero-order chi connectivity index (χ0) is 17.8. The van der Waals surface area contributed by atoms with Gasteiger partial charge in [-0.25, -0.2) is 0 Å². The average Bonchev–Trinajstić information content (AvgIpc) is 2.86. The average molecular weight is 334 g/mol. The van der Waals surface area contributed by atoms with Crippen LogP contribution < -0.4 is 0 Å². The van der Waals surface area contributed by atoms with Crippen LogP contribution in [0.2, 0.25) is 0 Å². The zero-order valence-corrected chi connectivity index (χ0v) is 11.6. The van der Waals surface area contributed by atoms with E-state index in [-0.39, 0.29) is 28.3 Å². The van der Waals surface area contributed by atoms with Gasteiger partial charge in [-0.1, -0.05) is 0 Å². The van der Waals surface area contributed by atoms with Crippen LogP contribution in [0, 0.1) is 40.5 Å². The molecule has 12 nitrogen and oxygen atoms in total. The van der Waals surface area contributed by atoms with E-state index < -0.39 is 42.8 Å². The summed E-state index contributed by atoms with van der Waals surface area (Å²) in [6.45, 7) is 0. The molecule has 24 heavy (non-hydrogen) atoms. The van der Waals surface area contributed by atoms with Crippen molar-refractivity contribution in [2.75, 3.05) is 0 Å². The summed E-state index contributed by atoms with van der Waals surface area (Å²) in [4.78, 5) is 41.1. The van der Waals surface area contributed by atoms with Crippen molar-refractivity contribution >= 4 is 27.8 Å². The number of benzene rings is 2. The lowest BCUT2D eigenvalue weighted by atomic mass is 10.0. The van der Waals surface area contributed by atoms with Crippen LogP contribution in [0.3, 0.4) is 0 Å². The number of non-ortho nitro benzene ring substituents is 1. The molecule has 12 heteroatoms. The predicted octanol–water partition coefficient (Wildman–Crippen LogP) is 2.44. The molecule has 3 rings (SSSR count). The molecule has 0 amide bonds. The van der Waals surface area contributed by atoms with Gasteiger partial charge in [0.15, 0.2) is 0 Å². The zero-order valence-electron chi connectivity index (χ0n) is 11.6. The van der Waals surface area contributed by atoms with Gasteiger partial charge < -0.3 is 0 Å². The first kappa shape index (κ1) is 15.2. The third kappa shape index (κ3) is 2.00. The third-order valence-electron chi connectivity index (χ3n) is 3.90. The van der Waals surface area contributed by atoms with Gasteiger partial charge in [0.2, 0.25) is 6.04 Å². The second kappa shape index (κ2) is 4.91. The minimum atomic E-state index is -1.34. The van der Waals surface area contributed by atoms with Gasteiger partial charge in [-0.05, 0) is 5.56 Å². The highest BCUT2D eigenvalue weighted by Gasteiger charge is 2.41. The van der Waals surface area contributed by atoms with E-state index in [0.717, 1.165) is 18.2 Å². The fourth-order valence-corrected chi connectivity index (χ4v) is 3.01. The van der Waals surface area contributed by atoms with Gasteiger partial charge in [-0.15, -0.1) is 0 Å². The minimum absolute atomic E-state index is 0.0443. The molecule has 0 radical (unpaired) electrons. The summed E-state index contributed by atoms with van der Waals surface area (Å²) in [6.07, 6.45) is -0.223. The fourth-order valence-electron chi connectivity index (χ4n) is 3.01. The van der Waals surface area contributed by atoms with Crippen LogP contribution in [0.4, 0.5) is 17.1 Å². The maximum Gasteiger partial charge on any atom is 0.354 e. The van der Waals surface area contributed by atoms with Crippen molar-refractivity contribution in [3.8, 4) is 0 Å². The van der Waals surface area contributed by atoms with E-state index >= 15 is 0 Å². The van der Waals surface area contributed by atoms with E-state index in [1.807, 2.05) is 0 Å². The Kier molecular flexibility index (Phi) is 3.11. The summed E-state index contributed by atoms with van der Waals surface area (Å²) in [5.41, 5.74) is -2.21. The summed E-state index contributed by atoms with van der Waals surface area (Å²) in [7, 11) is 0. The van der Waals surface area contributed by atoms with Gasteiger partial charge in [0.25, 0.3) is 5.69 Å². The molecule has 2 aromatic rings. The van der Waals surface area contributed by atoms with Gasteiger partial charge in [0.1, 0.15) is 0 Å². The lowest BCUT2D eigenvalue weighted by Gasteiger charge is -2.05. The monoisotopic (exact) mass is 334 g/mol. The SMILES string of the molecule is O=[N+]([O-])c1cc2c3c(cc([N+](=O)[O-])c([N+](=O)[O-])c3c1)C([N+](=O)[O-])C2. The number of hydrogen-bond acceptors (Lipinski definition) is 8. The summed E-state index contributed by atoms with van der Waals surface area (Å²) in [5, 5.41) is 44.4. The molecule has 0 spiro atoms. The highest BCUT2D eigenvalue weighted by Crippen LogP contribution is 2.47. The maximum atomic E-state index is 11.3. The normalized spacial score (nSPS) is 15.4. The van der Waals surface area contributed by atoms with Gasteiger partial charge in [0.05, 0.1) is 20.2 Å². The Morgan fingerprint density at radius 3 is 2.04 bits per heavy atom. The molecule has 0 aliphatic heterocycles. The molecule has 0 saturated heterocycles. The Bertz CT molecular complexity index is 969. The molecule has 0 fully saturated rings. The van der Waals surface area contributed by atoms with Crippen molar-refractivity contribution in [3.05, 3.63) is 69.8 Å². The first-order valence-electron chi connectivity index (χ1n) is 6.42. The Morgan fingerprint density at radius 1 is 0.875 bits per heavy atom. The standard InChI is InChI=1S/C12H6N4O8/c17-13(18)6-1-5-2-9(14(19)20)7-4-10(15(21)22)12(16(23)24)8(3-6)11(5)7/h1,3-4,9H,2H2. The van der Waals surface area contributed by atoms with Crippen molar-refractivity contribution < 1.29 is 19.7 Å². The molecule has 1 aliphatic rings. The highest BCUT2D eigenvalue weighted by molar-refractivity contribution is 6.02. The lowest BCUT2D eigenvalue weighted by molar-refractivity contribution is -0.527. The van der Waals surface area contributed by atoms with Gasteiger partial charge in [-0.2, -0.15) is 0 Å². The Morgan fingerprint density at radius 2 is 1.54 bits per heavy atom. The third-order valence-corrected chi connectivity index (χ3v) is 3.90. The quantitative estimate of drug-likeness (QED) is 0.605. The van der Waals surface area contributed by atoms with Crippen molar-refractivity contribution in [2.45, 2.75) is 12.5 Å². The highest BCUT2D eigenvalue weighted by atomic mass is 16.6. The van der Waals surface area contributed by atoms with E-state index in [2.05, 4.69) is 0 Å². The minimum Gasteiger partial charge on any atom is -0.264 e. The summed E-state index contributed by atoms with van der Waals surface area (Å²) in [5.74, 6) is 0. The van der Waals surface area contributed by atoms with Crippen LogP contribution in [0.5, 0.6) is 0 Å². The van der Waals surface area contributed by atoms with Crippen molar-refractivity contribution in [1.29, 1.82) is 0 Å². The van der Waals surface area contributed by atoms with Gasteiger partial charge >= 0.3 is 11.4 Å². The van der Waals surface area contributed by atoms with Crippen molar-refractivity contribution in [3.63, 3.8) is 0 Å². The van der Waals surface area contributed by atoms with Gasteiger partial charge in [0, 0.05) is 40.5 Å². The maximum absolute atomic E-state index is 11.3. The fraction of sp³-hybridized carbons (Fsp3) is 0.167. The molecule has 2 aromatic carbocycles. The van der Waals surface area contributed by atoms with Crippen LogP contribution in [0.1, 0.15) is 17.2 Å². The number of nitrogens with zero attached hydrogens (tertiary/aromatic N) is 4. The van der Waals surface area contributed by atoms with E-state index in [9.17, 15) is 40.5 Å². The van der Waals surface area contributed by atoms with E-state index in [1.54, 1.807) is 0 Å². The predicted molar refractivity (Wildman–Crippen MR) is 77.4 cm³/mol. The largest absolute Gasteiger partial charge is 0.354 e. The molecule has 0 N–H and O–H groups in total. The molecule has 122 valence electrons. The lowest BCUT2D eigenvalue weighted by Crippen LogP contribution is -2.09. The summed E-state index contributed by atoms with van der Waals surface area (Å²) < 4.78 is 0. The van der Waals surface area contributed by atoms with E-state index in [1.165, 1.54) is 0 Å². The topological polar surface area (TPSA) is 173 Å². The number of hydrogen-bond donors (Lipinski definition) is 0. The van der Waals surface area contributed by atoms with Crippen LogP contribution in [-0.4, -0.2) is 19.7 Å². The molecule has 1 unspecified atom stereocenters. The molecule has 1 aliphatic carbocycles. The van der Waals surface area contributed by atoms with E-state index in [0.29, 0.717) is 0 Å². The van der Waals surface area contributed by atoms with Crippen LogP contribution in [0.15, 0.2) is 18.2 Å². The molecule has 1 atom stereocenters. The molecular weight excluding hydrogens is 328 g/mol. The second-order valence-corrected chi connectivity index (χ2v) is 5.14. The Hall–Kier alpha value is -3.70. The Balaban J connectivity index is 2.52. The van der Waals surface area contributed by atoms with Crippen molar-refractivity contribution in [1.82, 2.24) is 0 Å². The van der Waals surface area contributed by atoms with Crippen LogP contribution >= 0.6 is 0 Å². The van der Waals surface area contributed by atoms with Crippen LogP contribution in [-0.2, 0) is 6.42 Å². The van der Waals surface area contributed by atoms with Crippen LogP contribution in [0.25, 0.3) is 10.8 Å². The first-order chi connectivity index (χ1) is 11.2. The first-order valence-corrected chi connectivity index (χ1v) is 6.42.